The number of ether oxygens (including phenoxy) is 2. The first kappa shape index (κ1) is 16.6. The molecule has 1 heterocycles. The minimum atomic E-state index is -0.944. The zero-order valence-electron chi connectivity index (χ0n) is 12.3. The van der Waals surface area contributed by atoms with Crippen molar-refractivity contribution in [1.82, 2.24) is 4.90 Å². The molecule has 1 unspecified atom stereocenters. The van der Waals surface area contributed by atoms with Crippen LogP contribution in [0.3, 0.4) is 0 Å². The van der Waals surface area contributed by atoms with E-state index in [9.17, 15) is 9.59 Å². The number of carboxylic acids is 1. The summed E-state index contributed by atoms with van der Waals surface area (Å²) in [6.07, 6.45) is -0.610. The number of aliphatic carboxylic acids is 1. The highest BCUT2D eigenvalue weighted by Crippen LogP contribution is 2.25. The molecule has 1 fully saturated rings. The van der Waals surface area contributed by atoms with Gasteiger partial charge in [0.15, 0.2) is 0 Å². The third-order valence-electron chi connectivity index (χ3n) is 3.30. The summed E-state index contributed by atoms with van der Waals surface area (Å²) in [6.45, 7) is 3.24. The minimum absolute atomic E-state index is 0.122. The van der Waals surface area contributed by atoms with E-state index >= 15 is 0 Å². The van der Waals surface area contributed by atoms with Crippen molar-refractivity contribution in [2.75, 3.05) is 26.3 Å². The number of carboxylic acid groups (broad SMARTS) is 1. The highest BCUT2D eigenvalue weighted by atomic mass is 35.5. The van der Waals surface area contributed by atoms with E-state index in [4.69, 9.17) is 26.2 Å². The summed E-state index contributed by atoms with van der Waals surface area (Å²) in [6, 6.07) is 4.86. The third kappa shape index (κ3) is 4.11. The number of carbonyl (C=O) groups is 2. The van der Waals surface area contributed by atoms with E-state index in [1.54, 1.807) is 23.1 Å². The first-order valence-corrected chi connectivity index (χ1v) is 7.44. The Labute approximate surface area is 133 Å². The molecule has 0 bridgehead atoms. The number of amides is 1. The molecule has 1 amide bonds. The van der Waals surface area contributed by atoms with Gasteiger partial charge in [0.2, 0.25) is 0 Å². The van der Waals surface area contributed by atoms with E-state index in [0.717, 1.165) is 0 Å². The Morgan fingerprint density at radius 1 is 1.50 bits per heavy atom. The fourth-order valence-corrected chi connectivity index (χ4v) is 2.50. The van der Waals surface area contributed by atoms with E-state index in [1.807, 2.05) is 6.92 Å². The first-order chi connectivity index (χ1) is 10.5. The lowest BCUT2D eigenvalue weighted by molar-refractivity contribution is -0.141. The van der Waals surface area contributed by atoms with Gasteiger partial charge in [-0.25, -0.2) is 0 Å². The second-order valence-electron chi connectivity index (χ2n) is 4.92. The number of benzene rings is 1. The van der Waals surface area contributed by atoms with Crippen molar-refractivity contribution >= 4 is 23.5 Å². The molecule has 22 heavy (non-hydrogen) atoms. The van der Waals surface area contributed by atoms with Gasteiger partial charge < -0.3 is 19.5 Å². The summed E-state index contributed by atoms with van der Waals surface area (Å²) in [5, 5.41) is 9.33. The number of hydrogen-bond donors (Lipinski definition) is 1. The lowest BCUT2D eigenvalue weighted by Gasteiger charge is -2.32. The zero-order valence-corrected chi connectivity index (χ0v) is 13.0. The van der Waals surface area contributed by atoms with Crippen LogP contribution in [-0.4, -0.2) is 54.3 Å². The Morgan fingerprint density at radius 2 is 2.27 bits per heavy atom. The number of carbonyl (C=O) groups excluding carboxylic acids is 1. The maximum atomic E-state index is 12.6. The molecule has 1 saturated heterocycles. The molecule has 6 nitrogen and oxygen atoms in total. The Morgan fingerprint density at radius 3 is 2.95 bits per heavy atom. The molecule has 1 aromatic rings. The average molecular weight is 328 g/mol. The molecule has 0 spiro atoms. The van der Waals surface area contributed by atoms with Crippen LogP contribution < -0.4 is 4.74 Å². The van der Waals surface area contributed by atoms with Gasteiger partial charge in [-0.3, -0.25) is 9.59 Å². The maximum Gasteiger partial charge on any atom is 0.306 e. The number of halogens is 1. The summed E-state index contributed by atoms with van der Waals surface area (Å²) in [7, 11) is 0. The van der Waals surface area contributed by atoms with Crippen molar-refractivity contribution in [3.8, 4) is 5.75 Å². The van der Waals surface area contributed by atoms with E-state index in [1.165, 1.54) is 0 Å². The van der Waals surface area contributed by atoms with Gasteiger partial charge in [-0.15, -0.1) is 0 Å². The molecule has 1 atom stereocenters. The number of rotatable bonds is 5. The lowest BCUT2D eigenvalue weighted by Crippen LogP contribution is -2.46. The minimum Gasteiger partial charge on any atom is -0.493 e. The van der Waals surface area contributed by atoms with Crippen LogP contribution >= 0.6 is 11.6 Å². The fourth-order valence-electron chi connectivity index (χ4n) is 2.34. The molecule has 0 aliphatic carbocycles. The molecule has 7 heteroatoms. The van der Waals surface area contributed by atoms with Crippen LogP contribution in [-0.2, 0) is 9.53 Å². The van der Waals surface area contributed by atoms with Gasteiger partial charge >= 0.3 is 5.97 Å². The van der Waals surface area contributed by atoms with Gasteiger partial charge in [-0.1, -0.05) is 11.6 Å². The van der Waals surface area contributed by atoms with Gasteiger partial charge in [0.1, 0.15) is 5.75 Å². The van der Waals surface area contributed by atoms with Crippen molar-refractivity contribution in [2.45, 2.75) is 19.4 Å². The predicted octanol–water partition coefficient (Wildman–Crippen LogP) is 2.05. The van der Waals surface area contributed by atoms with E-state index in [2.05, 4.69) is 0 Å². The molecule has 2 rings (SSSR count). The van der Waals surface area contributed by atoms with Gasteiger partial charge in [-0.2, -0.15) is 0 Å². The fraction of sp³-hybridized carbons (Fsp3) is 0.467. The van der Waals surface area contributed by atoms with Crippen LogP contribution in [0.1, 0.15) is 23.7 Å². The second kappa shape index (κ2) is 7.47. The lowest BCUT2D eigenvalue weighted by atomic mass is 10.1. The summed E-state index contributed by atoms with van der Waals surface area (Å²) < 4.78 is 10.8. The number of morpholine rings is 1. The molecule has 0 saturated carbocycles. The predicted molar refractivity (Wildman–Crippen MR) is 80.5 cm³/mol. The summed E-state index contributed by atoms with van der Waals surface area (Å²) in [4.78, 5) is 25.0. The molecule has 1 aliphatic heterocycles. The zero-order chi connectivity index (χ0) is 16.1. The smallest absolute Gasteiger partial charge is 0.306 e. The first-order valence-electron chi connectivity index (χ1n) is 7.06. The van der Waals surface area contributed by atoms with Crippen molar-refractivity contribution in [1.29, 1.82) is 0 Å². The molecular formula is C15H18ClNO5. The normalized spacial score (nSPS) is 18.1. The van der Waals surface area contributed by atoms with Crippen molar-refractivity contribution < 1.29 is 24.2 Å². The maximum absolute atomic E-state index is 12.6. The SMILES string of the molecule is CCOc1cc(Cl)ccc1C(=O)N1CCOC(CC(=O)O)C1. The molecule has 1 N–H and O–H groups in total. The molecular weight excluding hydrogens is 310 g/mol. The molecule has 0 aromatic heterocycles. The summed E-state index contributed by atoms with van der Waals surface area (Å²) in [5.41, 5.74) is 0.419. The third-order valence-corrected chi connectivity index (χ3v) is 3.54. The Kier molecular flexibility index (Phi) is 5.63. The van der Waals surface area contributed by atoms with Gasteiger partial charge in [0.05, 0.1) is 31.3 Å². The quantitative estimate of drug-likeness (QED) is 0.895. The summed E-state index contributed by atoms with van der Waals surface area (Å²) in [5.74, 6) is -0.721. The molecule has 1 aromatic carbocycles. The van der Waals surface area contributed by atoms with Crippen molar-refractivity contribution in [3.63, 3.8) is 0 Å². The molecule has 1 aliphatic rings. The van der Waals surface area contributed by atoms with Crippen LogP contribution in [0.25, 0.3) is 0 Å². The van der Waals surface area contributed by atoms with E-state index in [0.29, 0.717) is 36.1 Å². The monoisotopic (exact) mass is 327 g/mol. The number of hydrogen-bond acceptors (Lipinski definition) is 4. The van der Waals surface area contributed by atoms with E-state index in [-0.39, 0.29) is 18.9 Å². The Hall–Kier alpha value is -1.79. The Balaban J connectivity index is 2.15. The van der Waals surface area contributed by atoms with Crippen LogP contribution in [0.4, 0.5) is 0 Å². The topological polar surface area (TPSA) is 76.1 Å². The van der Waals surface area contributed by atoms with Gasteiger partial charge in [0.25, 0.3) is 5.91 Å². The standard InChI is InChI=1S/C15H18ClNO5/c1-2-21-13-7-10(16)3-4-12(13)15(20)17-5-6-22-11(9-17)8-14(18)19/h3-4,7,11H,2,5-6,8-9H2,1H3,(H,18,19). The van der Waals surface area contributed by atoms with Crippen molar-refractivity contribution in [3.05, 3.63) is 28.8 Å². The molecule has 120 valence electrons. The highest BCUT2D eigenvalue weighted by molar-refractivity contribution is 6.30. The average Bonchev–Trinajstić information content (AvgIpc) is 2.47. The number of nitrogens with zero attached hydrogens (tertiary/aromatic N) is 1. The van der Waals surface area contributed by atoms with E-state index < -0.39 is 12.1 Å². The van der Waals surface area contributed by atoms with Crippen molar-refractivity contribution in [2.24, 2.45) is 0 Å². The highest BCUT2D eigenvalue weighted by Gasteiger charge is 2.28. The van der Waals surface area contributed by atoms with Gasteiger partial charge in [-0.05, 0) is 25.1 Å². The van der Waals surface area contributed by atoms with Crippen LogP contribution in [0.5, 0.6) is 5.75 Å². The molecule has 0 radical (unpaired) electrons. The summed E-state index contributed by atoms with van der Waals surface area (Å²) >= 11 is 5.93. The van der Waals surface area contributed by atoms with Crippen LogP contribution in [0.2, 0.25) is 5.02 Å². The van der Waals surface area contributed by atoms with Gasteiger partial charge in [0, 0.05) is 18.1 Å². The largest absolute Gasteiger partial charge is 0.493 e. The van der Waals surface area contributed by atoms with Crippen LogP contribution in [0.15, 0.2) is 18.2 Å². The van der Waals surface area contributed by atoms with Crippen LogP contribution in [0, 0.1) is 0 Å². The Bertz CT molecular complexity index is 563. The second-order valence-corrected chi connectivity index (χ2v) is 5.35.